The molecule has 82 valence electrons. The Morgan fingerprint density at radius 1 is 1.25 bits per heavy atom. The van der Waals surface area contributed by atoms with E-state index in [0.29, 0.717) is 17.7 Å². The van der Waals surface area contributed by atoms with Crippen molar-refractivity contribution in [2.45, 2.75) is 0 Å². The Labute approximate surface area is 101 Å². The highest BCUT2D eigenvalue weighted by molar-refractivity contribution is 6.35. The standard InChI is InChI=1S/C11H6Cl2FNO/c12-9-4-8(5-10(13)11(9)14)15-3-1-2-7(15)6-16/h1-6H. The number of hydrogen-bond donors (Lipinski definition) is 0. The van der Waals surface area contributed by atoms with Gasteiger partial charge in [0.2, 0.25) is 0 Å². The maximum Gasteiger partial charge on any atom is 0.166 e. The zero-order valence-electron chi connectivity index (χ0n) is 7.95. The molecule has 0 radical (unpaired) electrons. The lowest BCUT2D eigenvalue weighted by Crippen LogP contribution is -1.98. The SMILES string of the molecule is O=Cc1cccn1-c1cc(Cl)c(F)c(Cl)c1. The predicted molar refractivity (Wildman–Crippen MR) is 61.1 cm³/mol. The number of carbonyl (C=O) groups excluding carboxylic acids is 1. The molecular weight excluding hydrogens is 252 g/mol. The molecule has 16 heavy (non-hydrogen) atoms. The van der Waals surface area contributed by atoms with Gasteiger partial charge in [0.15, 0.2) is 12.1 Å². The quantitative estimate of drug-likeness (QED) is 0.594. The van der Waals surface area contributed by atoms with E-state index in [9.17, 15) is 9.18 Å². The van der Waals surface area contributed by atoms with Crippen LogP contribution in [0.4, 0.5) is 4.39 Å². The number of rotatable bonds is 2. The molecule has 0 bridgehead atoms. The molecule has 0 N–H and O–H groups in total. The van der Waals surface area contributed by atoms with Gasteiger partial charge in [-0.25, -0.2) is 4.39 Å². The summed E-state index contributed by atoms with van der Waals surface area (Å²) < 4.78 is 14.8. The molecule has 0 saturated heterocycles. The lowest BCUT2D eigenvalue weighted by atomic mass is 10.3. The molecule has 0 aliphatic heterocycles. The van der Waals surface area contributed by atoms with Gasteiger partial charge in [-0.05, 0) is 24.3 Å². The molecule has 0 fully saturated rings. The number of carbonyl (C=O) groups is 1. The van der Waals surface area contributed by atoms with Crippen molar-refractivity contribution in [2.75, 3.05) is 0 Å². The number of aromatic nitrogens is 1. The molecule has 0 saturated carbocycles. The van der Waals surface area contributed by atoms with Crippen LogP contribution in [-0.2, 0) is 0 Å². The first kappa shape index (κ1) is 11.2. The van der Waals surface area contributed by atoms with Gasteiger partial charge in [0.1, 0.15) is 0 Å². The summed E-state index contributed by atoms with van der Waals surface area (Å²) in [6.07, 6.45) is 2.37. The predicted octanol–water partition coefficient (Wildman–Crippen LogP) is 3.74. The van der Waals surface area contributed by atoms with E-state index in [1.807, 2.05) is 0 Å². The third-order valence-corrected chi connectivity index (χ3v) is 2.70. The van der Waals surface area contributed by atoms with Crippen LogP contribution >= 0.6 is 23.2 Å². The van der Waals surface area contributed by atoms with Crippen molar-refractivity contribution in [1.82, 2.24) is 4.57 Å². The maximum atomic E-state index is 13.2. The number of halogens is 3. The van der Waals surface area contributed by atoms with Gasteiger partial charge in [0.25, 0.3) is 0 Å². The van der Waals surface area contributed by atoms with Gasteiger partial charge < -0.3 is 4.57 Å². The molecule has 0 spiro atoms. The van der Waals surface area contributed by atoms with Gasteiger partial charge in [-0.2, -0.15) is 0 Å². The molecular formula is C11H6Cl2FNO. The van der Waals surface area contributed by atoms with Gasteiger partial charge in [-0.3, -0.25) is 4.79 Å². The molecule has 0 unspecified atom stereocenters. The molecule has 2 rings (SSSR count). The summed E-state index contributed by atoms with van der Waals surface area (Å²) in [5.74, 6) is -0.660. The molecule has 1 heterocycles. The second-order valence-corrected chi connectivity index (χ2v) is 3.96. The monoisotopic (exact) mass is 257 g/mol. The fraction of sp³-hybridized carbons (Fsp3) is 0. The van der Waals surface area contributed by atoms with Gasteiger partial charge in [-0.15, -0.1) is 0 Å². The average molecular weight is 258 g/mol. The Balaban J connectivity index is 2.61. The van der Waals surface area contributed by atoms with Crippen molar-refractivity contribution in [3.63, 3.8) is 0 Å². The maximum absolute atomic E-state index is 13.2. The van der Waals surface area contributed by atoms with Crippen molar-refractivity contribution in [3.8, 4) is 5.69 Å². The largest absolute Gasteiger partial charge is 0.314 e. The van der Waals surface area contributed by atoms with Crippen LogP contribution in [0, 0.1) is 5.82 Å². The second-order valence-electron chi connectivity index (χ2n) is 3.14. The van der Waals surface area contributed by atoms with Crippen LogP contribution in [0.1, 0.15) is 10.5 Å². The molecule has 0 atom stereocenters. The van der Waals surface area contributed by atoms with Crippen LogP contribution in [0.3, 0.4) is 0 Å². The fourth-order valence-electron chi connectivity index (χ4n) is 1.41. The first-order valence-electron chi connectivity index (χ1n) is 4.41. The van der Waals surface area contributed by atoms with Gasteiger partial charge in [-0.1, -0.05) is 23.2 Å². The smallest absolute Gasteiger partial charge is 0.166 e. The minimum Gasteiger partial charge on any atom is -0.314 e. The molecule has 5 heteroatoms. The third-order valence-electron chi connectivity index (χ3n) is 2.15. The van der Waals surface area contributed by atoms with E-state index in [4.69, 9.17) is 23.2 Å². The van der Waals surface area contributed by atoms with Gasteiger partial charge >= 0.3 is 0 Å². The second kappa shape index (κ2) is 4.28. The highest BCUT2D eigenvalue weighted by Crippen LogP contribution is 2.27. The van der Waals surface area contributed by atoms with Crippen molar-refractivity contribution in [3.05, 3.63) is 52.0 Å². The normalized spacial score (nSPS) is 10.4. The number of benzene rings is 1. The molecule has 2 aromatic rings. The van der Waals surface area contributed by atoms with Crippen LogP contribution in [-0.4, -0.2) is 10.9 Å². The van der Waals surface area contributed by atoms with Crippen molar-refractivity contribution < 1.29 is 9.18 Å². The van der Waals surface area contributed by atoms with E-state index in [-0.39, 0.29) is 10.0 Å². The number of hydrogen-bond acceptors (Lipinski definition) is 1. The van der Waals surface area contributed by atoms with Gasteiger partial charge in [0.05, 0.1) is 15.7 Å². The summed E-state index contributed by atoms with van der Waals surface area (Å²) in [4.78, 5) is 10.7. The number of aldehydes is 1. The summed E-state index contributed by atoms with van der Waals surface area (Å²) in [7, 11) is 0. The van der Waals surface area contributed by atoms with E-state index < -0.39 is 5.82 Å². The van der Waals surface area contributed by atoms with Crippen LogP contribution in [0.15, 0.2) is 30.5 Å². The zero-order valence-corrected chi connectivity index (χ0v) is 9.47. The summed E-state index contributed by atoms with van der Waals surface area (Å²) in [5.41, 5.74) is 0.988. The Morgan fingerprint density at radius 2 is 1.88 bits per heavy atom. The lowest BCUT2D eigenvalue weighted by Gasteiger charge is -2.07. The highest BCUT2D eigenvalue weighted by atomic mass is 35.5. The van der Waals surface area contributed by atoms with E-state index in [1.165, 1.54) is 12.1 Å². The lowest BCUT2D eigenvalue weighted by molar-refractivity contribution is 0.111. The van der Waals surface area contributed by atoms with Gasteiger partial charge in [0, 0.05) is 11.9 Å². The summed E-state index contributed by atoms with van der Waals surface area (Å²) >= 11 is 11.3. The molecule has 0 aliphatic rings. The van der Waals surface area contributed by atoms with Crippen molar-refractivity contribution >= 4 is 29.5 Å². The molecule has 0 aliphatic carbocycles. The fourth-order valence-corrected chi connectivity index (χ4v) is 1.88. The van der Waals surface area contributed by atoms with Crippen molar-refractivity contribution in [2.24, 2.45) is 0 Å². The van der Waals surface area contributed by atoms with E-state index in [2.05, 4.69) is 0 Å². The zero-order chi connectivity index (χ0) is 11.7. The minimum atomic E-state index is -0.660. The average Bonchev–Trinajstić information content (AvgIpc) is 2.73. The summed E-state index contributed by atoms with van der Waals surface area (Å²) in [6.45, 7) is 0. The third kappa shape index (κ3) is 1.84. The molecule has 2 nitrogen and oxygen atoms in total. The summed E-state index contributed by atoms with van der Waals surface area (Å²) in [6, 6.07) is 6.17. The van der Waals surface area contributed by atoms with Crippen LogP contribution in [0.25, 0.3) is 5.69 Å². The topological polar surface area (TPSA) is 22.0 Å². The van der Waals surface area contributed by atoms with Crippen LogP contribution < -0.4 is 0 Å². The van der Waals surface area contributed by atoms with Crippen molar-refractivity contribution in [1.29, 1.82) is 0 Å². The Bertz CT molecular complexity index is 528. The Morgan fingerprint density at radius 3 is 2.44 bits per heavy atom. The van der Waals surface area contributed by atoms with E-state index in [0.717, 1.165) is 0 Å². The van der Waals surface area contributed by atoms with Crippen LogP contribution in [0.5, 0.6) is 0 Å². The summed E-state index contributed by atoms with van der Waals surface area (Å²) in [5, 5.41) is -0.152. The molecule has 0 amide bonds. The highest BCUT2D eigenvalue weighted by Gasteiger charge is 2.10. The first-order chi connectivity index (χ1) is 7.63. The minimum absolute atomic E-state index is 0.0759. The van der Waals surface area contributed by atoms with E-state index in [1.54, 1.807) is 22.9 Å². The van der Waals surface area contributed by atoms with E-state index >= 15 is 0 Å². The Kier molecular flexibility index (Phi) is 2.99. The first-order valence-corrected chi connectivity index (χ1v) is 5.16. The molecule has 1 aromatic heterocycles. The molecule has 1 aromatic carbocycles. The number of nitrogens with zero attached hydrogens (tertiary/aromatic N) is 1. The Hall–Kier alpha value is -1.32. The van der Waals surface area contributed by atoms with Crippen LogP contribution in [0.2, 0.25) is 10.0 Å².